The molecule has 0 heterocycles. The first kappa shape index (κ1) is 7.68. The molecule has 48 valence electrons. The number of nitrogens with two attached hydrogens (primary N) is 1. The van der Waals surface area contributed by atoms with Crippen molar-refractivity contribution in [2.24, 2.45) is 5.73 Å². The topological polar surface area (TPSA) is 43.1 Å². The maximum Gasteiger partial charge on any atom is 0.370 e. The van der Waals surface area contributed by atoms with Crippen LogP contribution in [0.1, 0.15) is 0 Å². The van der Waals surface area contributed by atoms with Crippen molar-refractivity contribution in [2.75, 3.05) is 6.26 Å². The van der Waals surface area contributed by atoms with Gasteiger partial charge in [-0.25, -0.2) is 0 Å². The van der Waals surface area contributed by atoms with E-state index in [0.717, 1.165) is 6.26 Å². The summed E-state index contributed by atoms with van der Waals surface area (Å²) in [4.78, 5) is 9.70. The van der Waals surface area contributed by atoms with Gasteiger partial charge in [-0.1, -0.05) is 11.8 Å². The second-order valence-electron chi connectivity index (χ2n) is 1.09. The number of rotatable bonds is 2. The fourth-order valence-corrected chi connectivity index (χ4v) is 0.302. The average Bonchev–Trinajstić information content (AvgIpc) is 1.67. The van der Waals surface area contributed by atoms with Gasteiger partial charge >= 0.3 is 5.25 Å². The van der Waals surface area contributed by atoms with Crippen molar-refractivity contribution in [3.63, 3.8) is 0 Å². The number of carbonyl (C=O) groups is 1. The van der Waals surface area contributed by atoms with Crippen LogP contribution in [-0.2, 0) is 4.79 Å². The van der Waals surface area contributed by atoms with Crippen LogP contribution in [0.3, 0.4) is 0 Å². The van der Waals surface area contributed by atoms with E-state index in [1.165, 1.54) is 0 Å². The predicted octanol–water partition coefficient (Wildman–Crippen LogP) is 0.428. The van der Waals surface area contributed by atoms with Crippen LogP contribution in [0.25, 0.3) is 0 Å². The molecule has 0 saturated carbocycles. The van der Waals surface area contributed by atoms with Crippen molar-refractivity contribution in [3.8, 4) is 0 Å². The van der Waals surface area contributed by atoms with Gasteiger partial charge in [0.25, 0.3) is 5.91 Å². The normalized spacial score (nSPS) is 11.4. The van der Waals surface area contributed by atoms with Crippen molar-refractivity contribution < 1.29 is 13.6 Å². The fourth-order valence-electron chi connectivity index (χ4n) is 0.101. The minimum atomic E-state index is -3.40. The molecule has 0 aliphatic heterocycles. The highest BCUT2D eigenvalue weighted by Crippen LogP contribution is 2.24. The van der Waals surface area contributed by atoms with E-state index in [1.54, 1.807) is 0 Å². The first-order valence-electron chi connectivity index (χ1n) is 1.73. The summed E-state index contributed by atoms with van der Waals surface area (Å²) >= 11 is 0.127. The van der Waals surface area contributed by atoms with Crippen LogP contribution >= 0.6 is 11.8 Å². The summed E-state index contributed by atoms with van der Waals surface area (Å²) in [5.74, 6) is -1.59. The first-order valence-corrected chi connectivity index (χ1v) is 2.96. The number of primary amides is 1. The third-order valence-electron chi connectivity index (χ3n) is 0.543. The Morgan fingerprint density at radius 3 is 2.12 bits per heavy atom. The number of halogens is 2. The number of hydrogen-bond acceptors (Lipinski definition) is 2. The molecule has 0 aliphatic carbocycles. The summed E-state index contributed by atoms with van der Waals surface area (Å²) < 4.78 is 23.5. The SMILES string of the molecule is CSC(F)(F)C(N)=O. The molecule has 0 saturated heterocycles. The summed E-state index contributed by atoms with van der Waals surface area (Å²) in [5.41, 5.74) is 4.27. The molecule has 2 N–H and O–H groups in total. The lowest BCUT2D eigenvalue weighted by Crippen LogP contribution is -2.31. The van der Waals surface area contributed by atoms with Crippen LogP contribution in [0.5, 0.6) is 0 Å². The molecule has 5 heteroatoms. The van der Waals surface area contributed by atoms with E-state index in [2.05, 4.69) is 5.73 Å². The van der Waals surface area contributed by atoms with E-state index in [-0.39, 0.29) is 11.8 Å². The van der Waals surface area contributed by atoms with Crippen LogP contribution in [0.4, 0.5) is 8.78 Å². The minimum Gasteiger partial charge on any atom is -0.364 e. The highest BCUT2D eigenvalue weighted by atomic mass is 32.2. The van der Waals surface area contributed by atoms with Gasteiger partial charge in [0.15, 0.2) is 0 Å². The molecule has 0 aromatic carbocycles. The standard InChI is InChI=1S/C3H5F2NOS/c1-8-3(4,5)2(6)7/h1H3,(H2,6,7). The molecular weight excluding hydrogens is 136 g/mol. The molecular formula is C3H5F2NOS. The Hall–Kier alpha value is -0.320. The van der Waals surface area contributed by atoms with Gasteiger partial charge in [0.2, 0.25) is 0 Å². The second-order valence-corrected chi connectivity index (χ2v) is 2.01. The lowest BCUT2D eigenvalue weighted by molar-refractivity contribution is -0.131. The minimum absolute atomic E-state index is 0.127. The van der Waals surface area contributed by atoms with Crippen molar-refractivity contribution in [1.29, 1.82) is 0 Å². The van der Waals surface area contributed by atoms with E-state index < -0.39 is 11.2 Å². The highest BCUT2D eigenvalue weighted by Gasteiger charge is 2.34. The third-order valence-corrected chi connectivity index (χ3v) is 1.26. The van der Waals surface area contributed by atoms with Crippen molar-refractivity contribution in [3.05, 3.63) is 0 Å². The van der Waals surface area contributed by atoms with Gasteiger partial charge in [-0.15, -0.1) is 0 Å². The Morgan fingerprint density at radius 1 is 1.75 bits per heavy atom. The van der Waals surface area contributed by atoms with Gasteiger partial charge in [0.1, 0.15) is 0 Å². The maximum absolute atomic E-state index is 11.8. The van der Waals surface area contributed by atoms with E-state index in [1.807, 2.05) is 0 Å². The molecule has 0 rings (SSSR count). The Morgan fingerprint density at radius 2 is 2.12 bits per heavy atom. The Labute approximate surface area is 49.4 Å². The van der Waals surface area contributed by atoms with Gasteiger partial charge in [-0.3, -0.25) is 4.79 Å². The van der Waals surface area contributed by atoms with Crippen LogP contribution in [0, 0.1) is 0 Å². The zero-order valence-corrected chi connectivity index (χ0v) is 4.97. The molecule has 0 aromatic heterocycles. The average molecular weight is 141 g/mol. The van der Waals surface area contributed by atoms with E-state index in [9.17, 15) is 13.6 Å². The van der Waals surface area contributed by atoms with Gasteiger partial charge in [0.05, 0.1) is 0 Å². The Balaban J connectivity index is 3.91. The first-order chi connectivity index (χ1) is 3.50. The van der Waals surface area contributed by atoms with Crippen LogP contribution in [0.2, 0.25) is 0 Å². The van der Waals surface area contributed by atoms with Gasteiger partial charge < -0.3 is 5.73 Å². The van der Waals surface area contributed by atoms with E-state index in [4.69, 9.17) is 0 Å². The third kappa shape index (κ3) is 1.65. The molecule has 0 spiro atoms. The predicted molar refractivity (Wildman–Crippen MR) is 27.7 cm³/mol. The smallest absolute Gasteiger partial charge is 0.364 e. The van der Waals surface area contributed by atoms with Crippen LogP contribution in [-0.4, -0.2) is 17.4 Å². The molecule has 0 radical (unpaired) electrons. The molecule has 0 aromatic rings. The number of thioether (sulfide) groups is 1. The van der Waals surface area contributed by atoms with Gasteiger partial charge in [-0.05, 0) is 6.26 Å². The largest absolute Gasteiger partial charge is 0.370 e. The fraction of sp³-hybridized carbons (Fsp3) is 0.667. The molecule has 1 amide bonds. The lowest BCUT2D eigenvalue weighted by atomic mass is 10.7. The van der Waals surface area contributed by atoms with Crippen LogP contribution < -0.4 is 5.73 Å². The van der Waals surface area contributed by atoms with Gasteiger partial charge in [-0.2, -0.15) is 8.78 Å². The summed E-state index contributed by atoms with van der Waals surface area (Å²) in [7, 11) is 0. The molecule has 0 fully saturated rings. The molecule has 8 heavy (non-hydrogen) atoms. The number of hydrogen-bond donors (Lipinski definition) is 1. The number of amides is 1. The number of carbonyl (C=O) groups excluding carboxylic acids is 1. The summed E-state index contributed by atoms with van der Waals surface area (Å²) in [5, 5.41) is -3.40. The summed E-state index contributed by atoms with van der Waals surface area (Å²) in [6.45, 7) is 0. The van der Waals surface area contributed by atoms with Crippen molar-refractivity contribution in [2.45, 2.75) is 5.25 Å². The number of alkyl halides is 2. The van der Waals surface area contributed by atoms with E-state index in [0.29, 0.717) is 0 Å². The zero-order chi connectivity index (χ0) is 6.78. The molecule has 0 atom stereocenters. The second kappa shape index (κ2) is 2.30. The quantitative estimate of drug-likeness (QED) is 0.605. The molecule has 0 bridgehead atoms. The lowest BCUT2D eigenvalue weighted by Gasteiger charge is -2.05. The molecule has 0 unspecified atom stereocenters. The van der Waals surface area contributed by atoms with Crippen LogP contribution in [0.15, 0.2) is 0 Å². The zero-order valence-electron chi connectivity index (χ0n) is 4.15. The monoisotopic (exact) mass is 141 g/mol. The molecule has 0 aliphatic rings. The summed E-state index contributed by atoms with van der Waals surface area (Å²) in [6.07, 6.45) is 1.12. The maximum atomic E-state index is 11.8. The Bertz CT molecular complexity index is 105. The highest BCUT2D eigenvalue weighted by molar-refractivity contribution is 8.00. The molecule has 2 nitrogen and oxygen atoms in total. The van der Waals surface area contributed by atoms with Crippen molar-refractivity contribution in [1.82, 2.24) is 0 Å². The Kier molecular flexibility index (Phi) is 2.21. The van der Waals surface area contributed by atoms with E-state index >= 15 is 0 Å². The summed E-state index contributed by atoms with van der Waals surface area (Å²) in [6, 6.07) is 0. The van der Waals surface area contributed by atoms with Crippen molar-refractivity contribution >= 4 is 17.7 Å². The van der Waals surface area contributed by atoms with Gasteiger partial charge in [0, 0.05) is 0 Å².